The molecule has 1 aliphatic rings. The van der Waals surface area contributed by atoms with E-state index in [2.05, 4.69) is 15.0 Å². The minimum absolute atomic E-state index is 0.0305. The molecule has 1 aromatic carbocycles. The molecule has 0 atom stereocenters. The number of carbonyl (C=O) groups excluding carboxylic acids is 1. The van der Waals surface area contributed by atoms with Gasteiger partial charge in [-0.15, -0.1) is 0 Å². The van der Waals surface area contributed by atoms with Crippen LogP contribution in [0.5, 0.6) is 0 Å². The Morgan fingerprint density at radius 1 is 1.18 bits per heavy atom. The molecule has 8 heteroatoms. The number of aryl methyl sites for hydroxylation is 1. The van der Waals surface area contributed by atoms with Crippen LogP contribution in [0.25, 0.3) is 0 Å². The van der Waals surface area contributed by atoms with Crippen molar-refractivity contribution in [2.45, 2.75) is 17.7 Å². The standard InChI is InChI=1S/C14H12ClN3O3S/c15-13-5-3-11(8-16-13)22(20,21)18-10-2-4-12-9(7-10)1-6-14(19)17-12/h2-5,7-8,18H,1,6H2,(H,17,19). The number of hydrogen-bond acceptors (Lipinski definition) is 4. The molecule has 0 radical (unpaired) electrons. The molecule has 0 saturated carbocycles. The van der Waals surface area contributed by atoms with Gasteiger partial charge in [0.2, 0.25) is 5.91 Å². The van der Waals surface area contributed by atoms with Crippen molar-refractivity contribution in [3.05, 3.63) is 47.2 Å². The van der Waals surface area contributed by atoms with Gasteiger partial charge in [0.25, 0.3) is 10.0 Å². The molecule has 0 aliphatic carbocycles. The fourth-order valence-electron chi connectivity index (χ4n) is 2.18. The SMILES string of the molecule is O=C1CCc2cc(NS(=O)(=O)c3ccc(Cl)nc3)ccc2N1. The fraction of sp³-hybridized carbons (Fsp3) is 0.143. The molecule has 2 aromatic rings. The van der Waals surface area contributed by atoms with Crippen molar-refractivity contribution in [3.8, 4) is 0 Å². The van der Waals surface area contributed by atoms with Crippen LogP contribution in [-0.4, -0.2) is 19.3 Å². The minimum Gasteiger partial charge on any atom is -0.326 e. The van der Waals surface area contributed by atoms with E-state index in [9.17, 15) is 13.2 Å². The van der Waals surface area contributed by atoms with Crippen molar-refractivity contribution >= 4 is 38.9 Å². The molecule has 3 rings (SSSR count). The van der Waals surface area contributed by atoms with E-state index >= 15 is 0 Å². The first-order valence-corrected chi connectivity index (χ1v) is 8.37. The number of sulfonamides is 1. The maximum absolute atomic E-state index is 12.3. The summed E-state index contributed by atoms with van der Waals surface area (Å²) in [5.74, 6) is -0.0342. The monoisotopic (exact) mass is 337 g/mol. The summed E-state index contributed by atoms with van der Waals surface area (Å²) < 4.78 is 27.0. The average molecular weight is 338 g/mol. The molecule has 114 valence electrons. The van der Waals surface area contributed by atoms with Crippen LogP contribution >= 0.6 is 11.6 Å². The smallest absolute Gasteiger partial charge is 0.263 e. The fourth-order valence-corrected chi connectivity index (χ4v) is 3.29. The number of halogens is 1. The summed E-state index contributed by atoms with van der Waals surface area (Å²) in [4.78, 5) is 15.1. The Morgan fingerprint density at radius 2 is 2.00 bits per heavy atom. The molecule has 2 N–H and O–H groups in total. The molecule has 6 nitrogen and oxygen atoms in total. The Kier molecular flexibility index (Phi) is 3.76. The highest BCUT2D eigenvalue weighted by Crippen LogP contribution is 2.27. The van der Waals surface area contributed by atoms with Crippen molar-refractivity contribution in [1.82, 2.24) is 4.98 Å². The van der Waals surface area contributed by atoms with Crippen molar-refractivity contribution in [3.63, 3.8) is 0 Å². The van der Waals surface area contributed by atoms with Gasteiger partial charge in [0, 0.05) is 24.0 Å². The number of amides is 1. The summed E-state index contributed by atoms with van der Waals surface area (Å²) in [7, 11) is -3.73. The van der Waals surface area contributed by atoms with E-state index < -0.39 is 10.0 Å². The number of fused-ring (bicyclic) bond motifs is 1. The second kappa shape index (κ2) is 5.58. The highest BCUT2D eigenvalue weighted by molar-refractivity contribution is 7.92. The third-order valence-electron chi connectivity index (χ3n) is 3.26. The lowest BCUT2D eigenvalue weighted by Crippen LogP contribution is -2.19. The lowest BCUT2D eigenvalue weighted by molar-refractivity contribution is -0.116. The maximum atomic E-state index is 12.3. The molecule has 1 aliphatic heterocycles. The summed E-state index contributed by atoms with van der Waals surface area (Å²) in [5, 5.41) is 2.97. The molecule has 0 unspecified atom stereocenters. The van der Waals surface area contributed by atoms with E-state index in [4.69, 9.17) is 11.6 Å². The maximum Gasteiger partial charge on any atom is 0.263 e. The number of carbonyl (C=O) groups is 1. The van der Waals surface area contributed by atoms with Gasteiger partial charge in [0.05, 0.1) is 0 Å². The normalized spacial score (nSPS) is 14.1. The van der Waals surface area contributed by atoms with Gasteiger partial charge in [-0.25, -0.2) is 13.4 Å². The molecule has 1 aromatic heterocycles. The van der Waals surface area contributed by atoms with Crippen LogP contribution in [-0.2, 0) is 21.2 Å². The van der Waals surface area contributed by atoms with Crippen molar-refractivity contribution in [2.75, 3.05) is 10.0 Å². The predicted molar refractivity (Wildman–Crippen MR) is 83.4 cm³/mol. The molecule has 0 bridgehead atoms. The molecule has 0 saturated heterocycles. The van der Waals surface area contributed by atoms with Gasteiger partial charge in [-0.05, 0) is 42.3 Å². The summed E-state index contributed by atoms with van der Waals surface area (Å²) in [6, 6.07) is 7.81. The topological polar surface area (TPSA) is 88.2 Å². The Morgan fingerprint density at radius 3 is 2.73 bits per heavy atom. The third-order valence-corrected chi connectivity index (χ3v) is 4.85. The Labute approximate surface area is 132 Å². The van der Waals surface area contributed by atoms with Crippen LogP contribution in [0.3, 0.4) is 0 Å². The highest BCUT2D eigenvalue weighted by Gasteiger charge is 2.18. The minimum atomic E-state index is -3.73. The van der Waals surface area contributed by atoms with Gasteiger partial charge in [0.1, 0.15) is 10.0 Å². The Bertz CT molecular complexity index is 835. The number of pyridine rings is 1. The highest BCUT2D eigenvalue weighted by atomic mass is 35.5. The van der Waals surface area contributed by atoms with Crippen molar-refractivity contribution < 1.29 is 13.2 Å². The van der Waals surface area contributed by atoms with E-state index in [-0.39, 0.29) is 16.0 Å². The molecule has 0 spiro atoms. The van der Waals surface area contributed by atoms with E-state index in [1.807, 2.05) is 0 Å². The van der Waals surface area contributed by atoms with Crippen LogP contribution < -0.4 is 10.0 Å². The first kappa shape index (κ1) is 14.8. The summed E-state index contributed by atoms with van der Waals surface area (Å²) >= 11 is 5.65. The zero-order chi connectivity index (χ0) is 15.7. The molecule has 2 heterocycles. The van der Waals surface area contributed by atoms with Gasteiger partial charge in [-0.1, -0.05) is 11.6 Å². The van der Waals surface area contributed by atoms with E-state index in [1.165, 1.54) is 18.3 Å². The first-order valence-electron chi connectivity index (χ1n) is 6.51. The molecule has 0 fully saturated rings. The number of rotatable bonds is 3. The molecular formula is C14H12ClN3O3S. The molecule has 22 heavy (non-hydrogen) atoms. The Hall–Kier alpha value is -2.12. The Balaban J connectivity index is 1.86. The summed E-state index contributed by atoms with van der Waals surface area (Å²) in [5.41, 5.74) is 2.05. The van der Waals surface area contributed by atoms with E-state index in [0.29, 0.717) is 24.2 Å². The number of benzene rings is 1. The van der Waals surface area contributed by atoms with Gasteiger partial charge < -0.3 is 5.32 Å². The number of anilines is 2. The van der Waals surface area contributed by atoms with E-state index in [0.717, 1.165) is 5.56 Å². The van der Waals surface area contributed by atoms with Gasteiger partial charge in [-0.3, -0.25) is 9.52 Å². The van der Waals surface area contributed by atoms with Crippen LogP contribution in [0.1, 0.15) is 12.0 Å². The van der Waals surface area contributed by atoms with Crippen LogP contribution in [0.4, 0.5) is 11.4 Å². The predicted octanol–water partition coefficient (Wildman–Crippen LogP) is 2.42. The number of hydrogen-bond donors (Lipinski definition) is 2. The molecular weight excluding hydrogens is 326 g/mol. The number of aromatic nitrogens is 1. The van der Waals surface area contributed by atoms with Crippen molar-refractivity contribution in [1.29, 1.82) is 0 Å². The molecule has 1 amide bonds. The lowest BCUT2D eigenvalue weighted by atomic mass is 10.0. The first-order chi connectivity index (χ1) is 10.4. The second-order valence-corrected chi connectivity index (χ2v) is 6.91. The second-order valence-electron chi connectivity index (χ2n) is 4.84. The van der Waals surface area contributed by atoms with E-state index in [1.54, 1.807) is 18.2 Å². The number of nitrogens with one attached hydrogen (secondary N) is 2. The lowest BCUT2D eigenvalue weighted by Gasteiger charge is -2.18. The summed E-state index contributed by atoms with van der Waals surface area (Å²) in [6.07, 6.45) is 2.17. The van der Waals surface area contributed by atoms with Crippen LogP contribution in [0, 0.1) is 0 Å². The average Bonchev–Trinajstić information content (AvgIpc) is 2.47. The summed E-state index contributed by atoms with van der Waals surface area (Å²) in [6.45, 7) is 0. The zero-order valence-corrected chi connectivity index (χ0v) is 12.9. The third kappa shape index (κ3) is 3.05. The van der Waals surface area contributed by atoms with Gasteiger partial charge in [0.15, 0.2) is 0 Å². The largest absolute Gasteiger partial charge is 0.326 e. The zero-order valence-electron chi connectivity index (χ0n) is 11.3. The van der Waals surface area contributed by atoms with Crippen molar-refractivity contribution in [2.24, 2.45) is 0 Å². The number of nitrogens with zero attached hydrogens (tertiary/aromatic N) is 1. The van der Waals surface area contributed by atoms with Gasteiger partial charge in [-0.2, -0.15) is 0 Å². The van der Waals surface area contributed by atoms with Gasteiger partial charge >= 0.3 is 0 Å². The van der Waals surface area contributed by atoms with Crippen LogP contribution in [0.15, 0.2) is 41.4 Å². The quantitative estimate of drug-likeness (QED) is 0.842. The van der Waals surface area contributed by atoms with Crippen LogP contribution in [0.2, 0.25) is 5.15 Å².